The largest absolute Gasteiger partial charge is 0.372 e. The lowest BCUT2D eigenvalue weighted by Gasteiger charge is -2.27. The molecule has 0 saturated carbocycles. The molecule has 0 spiro atoms. The van der Waals surface area contributed by atoms with Crippen molar-refractivity contribution < 1.29 is 0 Å². The Hall–Kier alpha value is -1.32. The molecule has 20 heavy (non-hydrogen) atoms. The molecule has 0 fully saturated rings. The van der Waals surface area contributed by atoms with Crippen molar-refractivity contribution in [3.63, 3.8) is 0 Å². The molecule has 0 aliphatic carbocycles. The van der Waals surface area contributed by atoms with Crippen molar-refractivity contribution in [3.05, 3.63) is 51.7 Å². The molecule has 2 nitrogen and oxygen atoms in total. The summed E-state index contributed by atoms with van der Waals surface area (Å²) in [5.41, 5.74) is 4.73. The van der Waals surface area contributed by atoms with E-state index in [2.05, 4.69) is 54.6 Å². The van der Waals surface area contributed by atoms with Gasteiger partial charge in [-0.3, -0.25) is 4.99 Å². The molecule has 0 saturated heterocycles. The number of rotatable bonds is 1. The summed E-state index contributed by atoms with van der Waals surface area (Å²) in [6, 6.07) is 10.7. The third-order valence-electron chi connectivity index (χ3n) is 3.49. The average molecular weight is 305 g/mol. The average Bonchev–Trinajstić information content (AvgIpc) is 2.91. The molecule has 4 heteroatoms. The Kier molecular flexibility index (Phi) is 3.81. The lowest BCUT2D eigenvalue weighted by molar-refractivity contribution is 0.798. The second-order valence-electron chi connectivity index (χ2n) is 5.17. The summed E-state index contributed by atoms with van der Waals surface area (Å²) < 4.78 is 0. The zero-order valence-corrected chi connectivity index (χ0v) is 13.2. The van der Waals surface area contributed by atoms with Crippen LogP contribution in [0.25, 0.3) is 0 Å². The van der Waals surface area contributed by atoms with Gasteiger partial charge in [-0.15, -0.1) is 22.9 Å². The topological polar surface area (TPSA) is 15.6 Å². The Labute approximate surface area is 128 Å². The minimum Gasteiger partial charge on any atom is -0.372 e. The van der Waals surface area contributed by atoms with E-state index in [1.165, 1.54) is 21.7 Å². The molecule has 2 aromatic rings. The first-order chi connectivity index (χ1) is 9.65. The van der Waals surface area contributed by atoms with Crippen LogP contribution >= 0.6 is 22.9 Å². The molecular formula is C16H17ClN2S. The molecule has 2 heterocycles. The molecule has 1 aromatic heterocycles. The van der Waals surface area contributed by atoms with Gasteiger partial charge in [-0.1, -0.05) is 17.7 Å². The molecule has 104 valence electrons. The number of aryl methyl sites for hydroxylation is 1. The zero-order chi connectivity index (χ0) is 14.1. The smallest absolute Gasteiger partial charge is 0.0840 e. The van der Waals surface area contributed by atoms with Crippen LogP contribution in [-0.4, -0.2) is 31.2 Å². The van der Waals surface area contributed by atoms with Crippen LogP contribution in [0.3, 0.4) is 0 Å². The van der Waals surface area contributed by atoms with E-state index in [-0.39, 0.29) is 5.38 Å². The third-order valence-corrected chi connectivity index (χ3v) is 4.65. The Morgan fingerprint density at radius 2 is 2.20 bits per heavy atom. The Morgan fingerprint density at radius 1 is 1.35 bits per heavy atom. The van der Waals surface area contributed by atoms with Crippen molar-refractivity contribution in [2.75, 3.05) is 25.0 Å². The molecule has 0 N–H and O–H groups in total. The molecule has 1 aliphatic heterocycles. The van der Waals surface area contributed by atoms with Gasteiger partial charge in [0.05, 0.1) is 22.5 Å². The Balaban J connectivity index is 2.19. The van der Waals surface area contributed by atoms with Crippen LogP contribution in [0.15, 0.2) is 40.7 Å². The van der Waals surface area contributed by atoms with Gasteiger partial charge in [-0.2, -0.15) is 0 Å². The second kappa shape index (κ2) is 5.58. The number of alkyl halides is 1. The number of fused-ring (bicyclic) bond motifs is 1. The van der Waals surface area contributed by atoms with E-state index in [0.29, 0.717) is 6.54 Å². The fourth-order valence-corrected chi connectivity index (χ4v) is 3.55. The fourth-order valence-electron chi connectivity index (χ4n) is 2.53. The van der Waals surface area contributed by atoms with Gasteiger partial charge in [0.2, 0.25) is 0 Å². The molecule has 0 bridgehead atoms. The van der Waals surface area contributed by atoms with Gasteiger partial charge < -0.3 is 4.90 Å². The summed E-state index contributed by atoms with van der Waals surface area (Å²) in [7, 11) is 2.10. The van der Waals surface area contributed by atoms with Crippen LogP contribution in [0.4, 0.5) is 5.69 Å². The number of hydrogen-bond donors (Lipinski definition) is 0. The maximum absolute atomic E-state index is 6.37. The van der Waals surface area contributed by atoms with Crippen molar-refractivity contribution in [3.8, 4) is 0 Å². The number of thiophene rings is 1. The Morgan fingerprint density at radius 3 is 2.95 bits per heavy atom. The highest BCUT2D eigenvalue weighted by Gasteiger charge is 2.20. The lowest BCUT2D eigenvalue weighted by Crippen LogP contribution is -2.31. The minimum atomic E-state index is 0.0458. The van der Waals surface area contributed by atoms with Crippen molar-refractivity contribution >= 4 is 34.3 Å². The van der Waals surface area contributed by atoms with Crippen LogP contribution in [0.5, 0.6) is 0 Å². The fraction of sp³-hybridized carbons (Fsp3) is 0.312. The van der Waals surface area contributed by atoms with Gasteiger partial charge in [0.25, 0.3) is 0 Å². The first-order valence-corrected chi connectivity index (χ1v) is 8.01. The Bertz CT molecular complexity index is 634. The summed E-state index contributed by atoms with van der Waals surface area (Å²) in [5.74, 6) is 0. The molecule has 0 amide bonds. The molecule has 1 aliphatic rings. The number of aliphatic imine (C=N–C) groups is 1. The van der Waals surface area contributed by atoms with Crippen LogP contribution in [0.2, 0.25) is 0 Å². The zero-order valence-electron chi connectivity index (χ0n) is 11.6. The maximum atomic E-state index is 6.37. The van der Waals surface area contributed by atoms with E-state index < -0.39 is 0 Å². The van der Waals surface area contributed by atoms with Crippen LogP contribution in [0.1, 0.15) is 16.0 Å². The van der Waals surface area contributed by atoms with Gasteiger partial charge >= 0.3 is 0 Å². The minimum absolute atomic E-state index is 0.0458. The van der Waals surface area contributed by atoms with Crippen LogP contribution < -0.4 is 4.90 Å². The summed E-state index contributed by atoms with van der Waals surface area (Å²) in [4.78, 5) is 8.23. The number of hydrogen-bond acceptors (Lipinski definition) is 3. The van der Waals surface area contributed by atoms with E-state index in [4.69, 9.17) is 16.6 Å². The van der Waals surface area contributed by atoms with Gasteiger partial charge in [0, 0.05) is 24.8 Å². The monoisotopic (exact) mass is 304 g/mol. The third kappa shape index (κ3) is 2.60. The van der Waals surface area contributed by atoms with Gasteiger partial charge in [-0.25, -0.2) is 0 Å². The van der Waals surface area contributed by atoms with Crippen molar-refractivity contribution in [1.82, 2.24) is 0 Å². The summed E-state index contributed by atoms with van der Waals surface area (Å²) in [5, 5.41) is 2.14. The van der Waals surface area contributed by atoms with E-state index >= 15 is 0 Å². The summed E-state index contributed by atoms with van der Waals surface area (Å²) >= 11 is 8.09. The SMILES string of the molecule is Cc1ccc2c(c1)/C(c1cccs1)=N\CC(Cl)CN2C. The highest BCUT2D eigenvalue weighted by atomic mass is 35.5. The number of anilines is 1. The van der Waals surface area contributed by atoms with Gasteiger partial charge in [-0.05, 0) is 30.5 Å². The lowest BCUT2D eigenvalue weighted by atomic mass is 10.0. The number of nitrogens with zero attached hydrogens (tertiary/aromatic N) is 2. The van der Waals surface area contributed by atoms with Gasteiger partial charge in [0.15, 0.2) is 0 Å². The highest BCUT2D eigenvalue weighted by Crippen LogP contribution is 2.28. The molecule has 1 atom stereocenters. The molecule has 3 rings (SSSR count). The summed E-state index contributed by atoms with van der Waals surface area (Å²) in [6.07, 6.45) is 0. The van der Waals surface area contributed by atoms with E-state index in [1.807, 2.05) is 0 Å². The van der Waals surface area contributed by atoms with E-state index in [9.17, 15) is 0 Å². The highest BCUT2D eigenvalue weighted by molar-refractivity contribution is 7.12. The quantitative estimate of drug-likeness (QED) is 0.728. The van der Waals surface area contributed by atoms with E-state index in [0.717, 1.165) is 12.3 Å². The summed E-state index contributed by atoms with van der Waals surface area (Å²) in [6.45, 7) is 3.60. The first-order valence-electron chi connectivity index (χ1n) is 6.69. The molecular weight excluding hydrogens is 288 g/mol. The number of halogens is 1. The number of benzene rings is 1. The van der Waals surface area contributed by atoms with Crippen LogP contribution in [-0.2, 0) is 0 Å². The molecule has 0 radical (unpaired) electrons. The first kappa shape index (κ1) is 13.7. The van der Waals surface area contributed by atoms with Crippen molar-refractivity contribution in [2.24, 2.45) is 4.99 Å². The van der Waals surface area contributed by atoms with E-state index in [1.54, 1.807) is 11.3 Å². The van der Waals surface area contributed by atoms with Crippen molar-refractivity contribution in [2.45, 2.75) is 12.3 Å². The van der Waals surface area contributed by atoms with Crippen molar-refractivity contribution in [1.29, 1.82) is 0 Å². The molecule has 1 unspecified atom stereocenters. The van der Waals surface area contributed by atoms with Crippen LogP contribution in [0, 0.1) is 6.92 Å². The predicted molar refractivity (Wildman–Crippen MR) is 88.9 cm³/mol. The normalized spacial score (nSPS) is 21.6. The predicted octanol–water partition coefficient (Wildman–Crippen LogP) is 3.95. The molecule has 1 aromatic carbocycles. The van der Waals surface area contributed by atoms with Gasteiger partial charge in [0.1, 0.15) is 0 Å². The second-order valence-corrected chi connectivity index (χ2v) is 6.73. The maximum Gasteiger partial charge on any atom is 0.0840 e. The standard InChI is InChI=1S/C16H17ClN2S/c1-11-5-6-14-13(8-11)16(15-4-3-7-20-15)18-9-12(17)10-19(14)2/h3-8,12H,9-10H2,1-2H3/b18-16+.